The Kier molecular flexibility index (Phi) is 2.10. The van der Waals surface area contributed by atoms with Gasteiger partial charge < -0.3 is 9.47 Å². The fraction of sp³-hybridized carbons (Fsp3) is 1.00. The van der Waals surface area contributed by atoms with E-state index in [-0.39, 0.29) is 6.29 Å². The molecule has 0 aromatic rings. The van der Waals surface area contributed by atoms with E-state index in [2.05, 4.69) is 6.92 Å². The van der Waals surface area contributed by atoms with Gasteiger partial charge in [0, 0.05) is 5.41 Å². The van der Waals surface area contributed by atoms with Gasteiger partial charge in [0.05, 0.1) is 13.2 Å². The van der Waals surface area contributed by atoms with Crippen LogP contribution in [0.4, 0.5) is 0 Å². The maximum atomic E-state index is 5.80. The molecule has 2 bridgehead atoms. The maximum absolute atomic E-state index is 5.80. The molecule has 2 nitrogen and oxygen atoms in total. The van der Waals surface area contributed by atoms with Crippen LogP contribution in [-0.4, -0.2) is 19.5 Å². The Bertz CT molecular complexity index is 218. The van der Waals surface area contributed by atoms with Crippen LogP contribution in [0.25, 0.3) is 0 Å². The second-order valence-electron chi connectivity index (χ2n) is 5.40. The Morgan fingerprint density at radius 2 is 2.00 bits per heavy atom. The Labute approximate surface area is 86.0 Å². The predicted molar refractivity (Wildman–Crippen MR) is 53.9 cm³/mol. The number of ether oxygens (including phenoxy) is 2. The van der Waals surface area contributed by atoms with Gasteiger partial charge in [0.1, 0.15) is 0 Å². The molecule has 0 N–H and O–H groups in total. The van der Waals surface area contributed by atoms with Gasteiger partial charge in [-0.15, -0.1) is 0 Å². The molecule has 1 heterocycles. The minimum Gasteiger partial charge on any atom is -0.352 e. The first kappa shape index (κ1) is 9.17. The summed E-state index contributed by atoms with van der Waals surface area (Å²) in [6.07, 6.45) is 6.78. The van der Waals surface area contributed by atoms with Crippen molar-refractivity contribution in [2.45, 2.75) is 45.3 Å². The Hall–Kier alpha value is -0.0800. The van der Waals surface area contributed by atoms with Gasteiger partial charge in [0.2, 0.25) is 0 Å². The SMILES string of the molecule is CCC1OCC2(CO1)CC1CCC2C1. The zero-order valence-corrected chi connectivity index (χ0v) is 9.00. The summed E-state index contributed by atoms with van der Waals surface area (Å²) in [6, 6.07) is 0. The molecule has 3 aliphatic rings. The van der Waals surface area contributed by atoms with Crippen LogP contribution in [0.2, 0.25) is 0 Å². The molecule has 0 aromatic heterocycles. The normalized spacial score (nSPS) is 51.6. The first-order valence-corrected chi connectivity index (χ1v) is 6.05. The highest BCUT2D eigenvalue weighted by Gasteiger charge is 2.52. The number of fused-ring (bicyclic) bond motifs is 3. The van der Waals surface area contributed by atoms with Crippen molar-refractivity contribution in [1.29, 1.82) is 0 Å². The minimum atomic E-state index is 0.0831. The summed E-state index contributed by atoms with van der Waals surface area (Å²) in [6.45, 7) is 4.06. The summed E-state index contributed by atoms with van der Waals surface area (Å²) in [5.74, 6) is 1.90. The lowest BCUT2D eigenvalue weighted by Crippen LogP contribution is -2.44. The molecule has 0 radical (unpaired) electrons. The van der Waals surface area contributed by atoms with Crippen molar-refractivity contribution in [3.8, 4) is 0 Å². The summed E-state index contributed by atoms with van der Waals surface area (Å²) in [5, 5.41) is 0. The van der Waals surface area contributed by atoms with E-state index in [0.717, 1.165) is 31.5 Å². The van der Waals surface area contributed by atoms with Crippen molar-refractivity contribution in [2.75, 3.05) is 13.2 Å². The molecule has 14 heavy (non-hydrogen) atoms. The molecule has 0 aromatic carbocycles. The first-order chi connectivity index (χ1) is 6.82. The van der Waals surface area contributed by atoms with Crippen LogP contribution in [0.1, 0.15) is 39.0 Å². The maximum Gasteiger partial charge on any atom is 0.157 e. The van der Waals surface area contributed by atoms with Gasteiger partial charge in [-0.3, -0.25) is 0 Å². The number of hydrogen-bond donors (Lipinski definition) is 0. The molecule has 3 rings (SSSR count). The van der Waals surface area contributed by atoms with Gasteiger partial charge in [-0.05, 0) is 37.5 Å². The minimum absolute atomic E-state index is 0.0831. The molecule has 2 saturated carbocycles. The van der Waals surface area contributed by atoms with Crippen molar-refractivity contribution in [1.82, 2.24) is 0 Å². The van der Waals surface area contributed by atoms with E-state index in [4.69, 9.17) is 9.47 Å². The Balaban J connectivity index is 1.69. The van der Waals surface area contributed by atoms with Crippen molar-refractivity contribution in [3.63, 3.8) is 0 Å². The molecule has 1 aliphatic heterocycles. The highest BCUT2D eigenvalue weighted by molar-refractivity contribution is 5.01. The predicted octanol–water partition coefficient (Wildman–Crippen LogP) is 2.58. The van der Waals surface area contributed by atoms with Crippen LogP contribution >= 0.6 is 0 Å². The molecule has 2 unspecified atom stereocenters. The van der Waals surface area contributed by atoms with Crippen LogP contribution in [0.5, 0.6) is 0 Å². The van der Waals surface area contributed by atoms with E-state index in [1.54, 1.807) is 0 Å². The summed E-state index contributed by atoms with van der Waals surface area (Å²) in [4.78, 5) is 0. The van der Waals surface area contributed by atoms with Gasteiger partial charge in [0.25, 0.3) is 0 Å². The first-order valence-electron chi connectivity index (χ1n) is 6.05. The fourth-order valence-corrected chi connectivity index (χ4v) is 3.75. The van der Waals surface area contributed by atoms with Gasteiger partial charge in [-0.1, -0.05) is 13.3 Å². The quantitative estimate of drug-likeness (QED) is 0.641. The molecule has 3 fully saturated rings. The van der Waals surface area contributed by atoms with Crippen molar-refractivity contribution in [2.24, 2.45) is 17.3 Å². The van der Waals surface area contributed by atoms with E-state index in [1.807, 2.05) is 0 Å². The van der Waals surface area contributed by atoms with Crippen LogP contribution in [0.15, 0.2) is 0 Å². The molecule has 2 atom stereocenters. The second kappa shape index (κ2) is 3.21. The topological polar surface area (TPSA) is 18.5 Å². The number of rotatable bonds is 1. The zero-order valence-electron chi connectivity index (χ0n) is 9.00. The van der Waals surface area contributed by atoms with Crippen LogP contribution < -0.4 is 0 Å². The van der Waals surface area contributed by atoms with E-state index >= 15 is 0 Å². The van der Waals surface area contributed by atoms with Crippen LogP contribution in [0.3, 0.4) is 0 Å². The monoisotopic (exact) mass is 196 g/mol. The molecule has 0 amide bonds. The highest BCUT2D eigenvalue weighted by atomic mass is 16.7. The Morgan fingerprint density at radius 1 is 1.21 bits per heavy atom. The lowest BCUT2D eigenvalue weighted by atomic mass is 9.74. The van der Waals surface area contributed by atoms with Gasteiger partial charge in [-0.2, -0.15) is 0 Å². The smallest absolute Gasteiger partial charge is 0.157 e. The third kappa shape index (κ3) is 1.24. The van der Waals surface area contributed by atoms with E-state index < -0.39 is 0 Å². The van der Waals surface area contributed by atoms with Crippen molar-refractivity contribution < 1.29 is 9.47 Å². The Morgan fingerprint density at radius 3 is 2.50 bits per heavy atom. The van der Waals surface area contributed by atoms with Crippen LogP contribution in [-0.2, 0) is 9.47 Å². The van der Waals surface area contributed by atoms with Gasteiger partial charge >= 0.3 is 0 Å². The summed E-state index contributed by atoms with van der Waals surface area (Å²) in [7, 11) is 0. The summed E-state index contributed by atoms with van der Waals surface area (Å²) in [5.41, 5.74) is 0.425. The summed E-state index contributed by atoms with van der Waals surface area (Å²) >= 11 is 0. The number of hydrogen-bond acceptors (Lipinski definition) is 2. The molecule has 2 aliphatic carbocycles. The zero-order chi connectivity index (χ0) is 9.60. The molecular formula is C12H20O2. The second-order valence-corrected chi connectivity index (χ2v) is 5.40. The summed E-state index contributed by atoms with van der Waals surface area (Å²) < 4.78 is 11.6. The van der Waals surface area contributed by atoms with E-state index in [9.17, 15) is 0 Å². The molecule has 1 saturated heterocycles. The van der Waals surface area contributed by atoms with E-state index in [0.29, 0.717) is 5.41 Å². The van der Waals surface area contributed by atoms with E-state index in [1.165, 1.54) is 25.7 Å². The lowest BCUT2D eigenvalue weighted by molar-refractivity contribution is -0.240. The van der Waals surface area contributed by atoms with Gasteiger partial charge in [0.15, 0.2) is 6.29 Å². The highest BCUT2D eigenvalue weighted by Crippen LogP contribution is 2.57. The van der Waals surface area contributed by atoms with Crippen molar-refractivity contribution >= 4 is 0 Å². The molecule has 2 heteroatoms. The van der Waals surface area contributed by atoms with Gasteiger partial charge in [-0.25, -0.2) is 0 Å². The molecule has 80 valence electrons. The standard InChI is InChI=1S/C12H20O2/c1-2-11-13-7-12(8-14-11)6-9-3-4-10(12)5-9/h9-11H,2-8H2,1H3. The average Bonchev–Trinajstić information content (AvgIpc) is 2.79. The molecule has 1 spiro atoms. The van der Waals surface area contributed by atoms with Crippen LogP contribution in [0, 0.1) is 17.3 Å². The third-order valence-corrected chi connectivity index (χ3v) is 4.55. The largest absolute Gasteiger partial charge is 0.352 e. The third-order valence-electron chi connectivity index (χ3n) is 4.55. The lowest BCUT2D eigenvalue weighted by Gasteiger charge is -2.42. The molecular weight excluding hydrogens is 176 g/mol. The average molecular weight is 196 g/mol. The fourth-order valence-electron chi connectivity index (χ4n) is 3.75. The van der Waals surface area contributed by atoms with Crippen molar-refractivity contribution in [3.05, 3.63) is 0 Å².